The summed E-state index contributed by atoms with van der Waals surface area (Å²) in [5.41, 5.74) is 1.60. The van der Waals surface area contributed by atoms with E-state index in [-0.39, 0.29) is 10.7 Å². The second kappa shape index (κ2) is 4.91. The van der Waals surface area contributed by atoms with Crippen LogP contribution in [0.5, 0.6) is 0 Å². The summed E-state index contributed by atoms with van der Waals surface area (Å²) in [4.78, 5) is 11.3. The Kier molecular flexibility index (Phi) is 3.49. The van der Waals surface area contributed by atoms with Gasteiger partial charge in [-0.25, -0.2) is 13.6 Å². The van der Waals surface area contributed by atoms with E-state index < -0.39 is 10.0 Å². The molecular formula is C12H14N2O3S. The average Bonchev–Trinajstić information content (AvgIpc) is 2.28. The van der Waals surface area contributed by atoms with Gasteiger partial charge in [0.2, 0.25) is 10.0 Å². The zero-order chi connectivity index (χ0) is 13.2. The lowest BCUT2D eigenvalue weighted by molar-refractivity contribution is -0.115. The van der Waals surface area contributed by atoms with Crippen molar-refractivity contribution >= 4 is 21.5 Å². The number of hydrogen-bond acceptors (Lipinski definition) is 4. The Morgan fingerprint density at radius 3 is 2.33 bits per heavy atom. The van der Waals surface area contributed by atoms with Crippen molar-refractivity contribution in [3.05, 3.63) is 36.0 Å². The fraction of sp³-hybridized carbons (Fsp3) is 0.250. The average molecular weight is 266 g/mol. The van der Waals surface area contributed by atoms with E-state index in [4.69, 9.17) is 5.14 Å². The Balaban J connectivity index is 2.14. The molecule has 5 nitrogen and oxygen atoms in total. The van der Waals surface area contributed by atoms with Crippen LogP contribution >= 0.6 is 0 Å². The van der Waals surface area contributed by atoms with E-state index in [0.717, 1.165) is 24.2 Å². The largest absolute Gasteiger partial charge is 0.359 e. The quantitative estimate of drug-likeness (QED) is 0.865. The molecule has 1 aromatic carbocycles. The molecule has 96 valence electrons. The zero-order valence-electron chi connectivity index (χ0n) is 9.72. The van der Waals surface area contributed by atoms with Gasteiger partial charge >= 0.3 is 0 Å². The number of anilines is 1. The standard InChI is InChI=1S/C12H14N2O3S/c13-18(16,17)12-6-4-9(5-7-12)14-10-2-1-3-11(15)8-10/h4-8,14H,1-3H2,(H2,13,16,17). The van der Waals surface area contributed by atoms with Gasteiger partial charge in [0.15, 0.2) is 5.78 Å². The first-order valence-corrected chi connectivity index (χ1v) is 7.13. The third-order valence-corrected chi connectivity index (χ3v) is 3.62. The Hall–Kier alpha value is -1.66. The molecule has 0 saturated carbocycles. The molecule has 6 heteroatoms. The Morgan fingerprint density at radius 1 is 1.11 bits per heavy atom. The number of nitrogens with one attached hydrogen (secondary N) is 1. The molecule has 0 atom stereocenters. The highest BCUT2D eigenvalue weighted by Crippen LogP contribution is 2.19. The van der Waals surface area contributed by atoms with E-state index >= 15 is 0 Å². The molecule has 0 bridgehead atoms. The maximum Gasteiger partial charge on any atom is 0.238 e. The highest BCUT2D eigenvalue weighted by molar-refractivity contribution is 7.89. The predicted octanol–water partition coefficient (Wildman–Crippen LogP) is 1.38. The van der Waals surface area contributed by atoms with Gasteiger partial charge in [0.05, 0.1) is 4.90 Å². The van der Waals surface area contributed by atoms with Gasteiger partial charge in [-0.1, -0.05) is 0 Å². The molecule has 0 saturated heterocycles. The number of rotatable bonds is 3. The number of carbonyl (C=O) groups excluding carboxylic acids is 1. The Bertz CT molecular complexity index is 588. The van der Waals surface area contributed by atoms with Crippen LogP contribution in [0, 0.1) is 0 Å². The van der Waals surface area contributed by atoms with Gasteiger partial charge in [-0.2, -0.15) is 0 Å². The van der Waals surface area contributed by atoms with Gasteiger partial charge in [-0.15, -0.1) is 0 Å². The van der Waals surface area contributed by atoms with Crippen molar-refractivity contribution in [3.8, 4) is 0 Å². The van der Waals surface area contributed by atoms with Gasteiger partial charge in [-0.05, 0) is 37.1 Å². The molecule has 0 aliphatic heterocycles. The fourth-order valence-electron chi connectivity index (χ4n) is 1.80. The van der Waals surface area contributed by atoms with Crippen LogP contribution in [0.4, 0.5) is 5.69 Å². The van der Waals surface area contributed by atoms with E-state index in [1.165, 1.54) is 12.1 Å². The minimum atomic E-state index is -3.66. The van der Waals surface area contributed by atoms with Crippen LogP contribution < -0.4 is 10.5 Å². The molecule has 3 N–H and O–H groups in total. The first kappa shape index (κ1) is 12.8. The summed E-state index contributed by atoms with van der Waals surface area (Å²) in [6, 6.07) is 6.12. The third kappa shape index (κ3) is 3.18. The van der Waals surface area contributed by atoms with Gasteiger partial charge in [-0.3, -0.25) is 4.79 Å². The molecule has 0 heterocycles. The van der Waals surface area contributed by atoms with Gasteiger partial charge in [0, 0.05) is 23.9 Å². The van der Waals surface area contributed by atoms with Crippen molar-refractivity contribution in [1.29, 1.82) is 0 Å². The molecule has 0 amide bonds. The van der Waals surface area contributed by atoms with Crippen molar-refractivity contribution in [2.75, 3.05) is 5.32 Å². The summed E-state index contributed by atoms with van der Waals surface area (Å²) in [5, 5.41) is 8.10. The molecule has 0 fully saturated rings. The first-order valence-electron chi connectivity index (χ1n) is 5.58. The second-order valence-corrected chi connectivity index (χ2v) is 5.75. The molecule has 1 aliphatic rings. The van der Waals surface area contributed by atoms with Crippen LogP contribution in [0.1, 0.15) is 19.3 Å². The van der Waals surface area contributed by atoms with Gasteiger partial charge in [0.25, 0.3) is 0 Å². The number of hydrogen-bond donors (Lipinski definition) is 2. The Labute approximate surface area is 106 Å². The summed E-state index contributed by atoms with van der Waals surface area (Å²) in [7, 11) is -3.66. The van der Waals surface area contributed by atoms with Crippen LogP contribution in [-0.4, -0.2) is 14.2 Å². The van der Waals surface area contributed by atoms with E-state index in [1.807, 2.05) is 0 Å². The number of benzene rings is 1. The number of carbonyl (C=O) groups is 1. The SMILES string of the molecule is NS(=O)(=O)c1ccc(NC2=CC(=O)CCC2)cc1. The molecule has 0 aromatic heterocycles. The molecule has 1 aliphatic carbocycles. The molecule has 2 rings (SSSR count). The predicted molar refractivity (Wildman–Crippen MR) is 68.4 cm³/mol. The second-order valence-electron chi connectivity index (χ2n) is 4.18. The summed E-state index contributed by atoms with van der Waals surface area (Å²) >= 11 is 0. The lowest BCUT2D eigenvalue weighted by Gasteiger charge is -2.14. The normalized spacial score (nSPS) is 16.3. The van der Waals surface area contributed by atoms with E-state index in [9.17, 15) is 13.2 Å². The van der Waals surface area contributed by atoms with E-state index in [1.54, 1.807) is 18.2 Å². The molecule has 0 radical (unpaired) electrons. The van der Waals surface area contributed by atoms with Crippen LogP contribution in [0.2, 0.25) is 0 Å². The number of nitrogens with two attached hydrogens (primary N) is 1. The Morgan fingerprint density at radius 2 is 1.78 bits per heavy atom. The van der Waals surface area contributed by atoms with Crippen molar-refractivity contribution < 1.29 is 13.2 Å². The minimum Gasteiger partial charge on any atom is -0.359 e. The van der Waals surface area contributed by atoms with Crippen molar-refractivity contribution in [2.45, 2.75) is 24.2 Å². The van der Waals surface area contributed by atoms with Crippen LogP contribution in [-0.2, 0) is 14.8 Å². The third-order valence-electron chi connectivity index (χ3n) is 2.69. The summed E-state index contributed by atoms with van der Waals surface area (Å²) in [6.45, 7) is 0. The van der Waals surface area contributed by atoms with Gasteiger partial charge < -0.3 is 5.32 Å². The molecule has 18 heavy (non-hydrogen) atoms. The monoisotopic (exact) mass is 266 g/mol. The van der Waals surface area contributed by atoms with Crippen molar-refractivity contribution in [2.24, 2.45) is 5.14 Å². The highest BCUT2D eigenvalue weighted by atomic mass is 32.2. The highest BCUT2D eigenvalue weighted by Gasteiger charge is 2.11. The summed E-state index contributed by atoms with van der Waals surface area (Å²) in [5.74, 6) is 0.116. The van der Waals surface area contributed by atoms with E-state index in [0.29, 0.717) is 6.42 Å². The number of sulfonamides is 1. The van der Waals surface area contributed by atoms with Crippen LogP contribution in [0.25, 0.3) is 0 Å². The molecular weight excluding hydrogens is 252 g/mol. The topological polar surface area (TPSA) is 89.3 Å². The first-order chi connectivity index (χ1) is 8.45. The zero-order valence-corrected chi connectivity index (χ0v) is 10.5. The number of allylic oxidation sites excluding steroid dienone is 2. The molecule has 0 unspecified atom stereocenters. The molecule has 0 spiro atoms. The molecule has 1 aromatic rings. The number of ketones is 1. The lowest BCUT2D eigenvalue weighted by atomic mass is 10.0. The maximum absolute atomic E-state index is 11.2. The smallest absolute Gasteiger partial charge is 0.238 e. The van der Waals surface area contributed by atoms with Gasteiger partial charge in [0.1, 0.15) is 0 Å². The maximum atomic E-state index is 11.2. The summed E-state index contributed by atoms with van der Waals surface area (Å²) in [6.07, 6.45) is 3.85. The number of primary sulfonamides is 1. The van der Waals surface area contributed by atoms with E-state index in [2.05, 4.69) is 5.32 Å². The lowest BCUT2D eigenvalue weighted by Crippen LogP contribution is -2.12. The summed E-state index contributed by atoms with van der Waals surface area (Å²) < 4.78 is 22.2. The van der Waals surface area contributed by atoms with Crippen LogP contribution in [0.15, 0.2) is 40.9 Å². The van der Waals surface area contributed by atoms with Crippen molar-refractivity contribution in [3.63, 3.8) is 0 Å². The van der Waals surface area contributed by atoms with Crippen molar-refractivity contribution in [1.82, 2.24) is 0 Å². The fourth-order valence-corrected chi connectivity index (χ4v) is 2.32. The minimum absolute atomic E-state index is 0.0711. The van der Waals surface area contributed by atoms with Crippen LogP contribution in [0.3, 0.4) is 0 Å².